The highest BCUT2D eigenvalue weighted by molar-refractivity contribution is 5.61. The zero-order valence-corrected chi connectivity index (χ0v) is 20.0. The quantitative estimate of drug-likeness (QED) is 0.327. The van der Waals surface area contributed by atoms with Gasteiger partial charge < -0.3 is 15.5 Å². The molecule has 2 N–H and O–H groups in total. The standard InChI is InChI=1S/C28H31N7/c1-35(25-15-18-30-27(33-25)22-10-6-3-7-11-22)26-16-19-31-28(34-26)32-24(14-17-29-23-12-13-23)20-21-8-4-2-5-9-21/h2-11,15-16,18-19,23-24,29H,12-14,17,20H2,1H3,(H,31,32,34)/t24-/m0/s1. The molecular weight excluding hydrogens is 434 g/mol. The van der Waals surface area contributed by atoms with Gasteiger partial charge in [0.2, 0.25) is 5.95 Å². The molecule has 1 saturated carbocycles. The molecule has 2 aromatic heterocycles. The summed E-state index contributed by atoms with van der Waals surface area (Å²) >= 11 is 0. The SMILES string of the molecule is CN(c1ccnc(N[C@@H](CCNC2CC2)Cc2ccccc2)n1)c1ccnc(-c2ccccc2)n1. The minimum absolute atomic E-state index is 0.230. The van der Waals surface area contributed by atoms with Gasteiger partial charge in [-0.05, 0) is 49.9 Å². The third kappa shape index (κ3) is 6.39. The van der Waals surface area contributed by atoms with Crippen molar-refractivity contribution in [2.45, 2.75) is 37.8 Å². The van der Waals surface area contributed by atoms with E-state index in [9.17, 15) is 0 Å². The maximum atomic E-state index is 4.81. The Bertz CT molecular complexity index is 1210. The smallest absolute Gasteiger partial charge is 0.224 e. The normalized spacial score (nSPS) is 13.9. The van der Waals surface area contributed by atoms with Crippen LogP contribution in [0.2, 0.25) is 0 Å². The van der Waals surface area contributed by atoms with Crippen LogP contribution in [0.5, 0.6) is 0 Å². The van der Waals surface area contributed by atoms with Gasteiger partial charge >= 0.3 is 0 Å². The molecule has 5 rings (SSSR count). The average Bonchev–Trinajstić information content (AvgIpc) is 3.74. The molecule has 0 bridgehead atoms. The summed E-state index contributed by atoms with van der Waals surface area (Å²) in [6, 6.07) is 25.3. The van der Waals surface area contributed by atoms with Gasteiger partial charge in [-0.1, -0.05) is 60.7 Å². The zero-order chi connectivity index (χ0) is 23.9. The van der Waals surface area contributed by atoms with Crippen LogP contribution in [0.25, 0.3) is 11.4 Å². The van der Waals surface area contributed by atoms with Crippen molar-refractivity contribution in [3.63, 3.8) is 0 Å². The Morgan fingerprint density at radius 2 is 1.54 bits per heavy atom. The van der Waals surface area contributed by atoms with Crippen molar-refractivity contribution in [3.05, 3.63) is 90.8 Å². The number of nitrogens with zero attached hydrogens (tertiary/aromatic N) is 5. The summed E-state index contributed by atoms with van der Waals surface area (Å²) in [6.07, 6.45) is 8.09. The fourth-order valence-corrected chi connectivity index (χ4v) is 4.04. The maximum Gasteiger partial charge on any atom is 0.224 e. The first-order valence-electron chi connectivity index (χ1n) is 12.2. The molecule has 178 valence electrons. The summed E-state index contributed by atoms with van der Waals surface area (Å²) in [6.45, 7) is 0.984. The molecule has 1 atom stereocenters. The van der Waals surface area contributed by atoms with E-state index in [0.29, 0.717) is 17.8 Å². The van der Waals surface area contributed by atoms with Gasteiger partial charge in [-0.2, -0.15) is 4.98 Å². The third-order valence-electron chi connectivity index (χ3n) is 6.16. The second-order valence-corrected chi connectivity index (χ2v) is 8.95. The maximum absolute atomic E-state index is 4.81. The van der Waals surface area contributed by atoms with E-state index in [2.05, 4.69) is 50.9 Å². The van der Waals surface area contributed by atoms with E-state index in [0.717, 1.165) is 36.6 Å². The number of anilines is 3. The largest absolute Gasteiger partial charge is 0.351 e. The molecule has 0 amide bonds. The molecule has 1 fully saturated rings. The Kier molecular flexibility index (Phi) is 7.24. The highest BCUT2D eigenvalue weighted by Gasteiger charge is 2.21. The molecule has 7 nitrogen and oxygen atoms in total. The van der Waals surface area contributed by atoms with Crippen molar-refractivity contribution >= 4 is 17.6 Å². The van der Waals surface area contributed by atoms with Crippen LogP contribution in [0.15, 0.2) is 85.2 Å². The number of rotatable bonds is 11. The molecule has 1 aliphatic rings. The van der Waals surface area contributed by atoms with Crippen molar-refractivity contribution in [2.24, 2.45) is 0 Å². The lowest BCUT2D eigenvalue weighted by molar-refractivity contribution is 0.577. The number of aromatic nitrogens is 4. The van der Waals surface area contributed by atoms with Crippen molar-refractivity contribution < 1.29 is 0 Å². The van der Waals surface area contributed by atoms with Crippen LogP contribution >= 0.6 is 0 Å². The highest BCUT2D eigenvalue weighted by Crippen LogP contribution is 2.23. The predicted octanol–water partition coefficient (Wildman–Crippen LogP) is 4.87. The van der Waals surface area contributed by atoms with Gasteiger partial charge in [0, 0.05) is 37.1 Å². The van der Waals surface area contributed by atoms with Crippen LogP contribution in [0.4, 0.5) is 17.6 Å². The van der Waals surface area contributed by atoms with Gasteiger partial charge in [0.1, 0.15) is 11.6 Å². The van der Waals surface area contributed by atoms with Gasteiger partial charge in [-0.15, -0.1) is 0 Å². The molecule has 2 heterocycles. The van der Waals surface area contributed by atoms with E-state index < -0.39 is 0 Å². The lowest BCUT2D eigenvalue weighted by Crippen LogP contribution is -2.29. The molecule has 1 aliphatic carbocycles. The number of nitrogens with one attached hydrogen (secondary N) is 2. The number of hydrogen-bond donors (Lipinski definition) is 2. The summed E-state index contributed by atoms with van der Waals surface area (Å²) in [7, 11) is 1.96. The minimum atomic E-state index is 0.230. The van der Waals surface area contributed by atoms with Crippen LogP contribution in [-0.2, 0) is 6.42 Å². The Morgan fingerprint density at radius 1 is 0.857 bits per heavy atom. The lowest BCUT2D eigenvalue weighted by atomic mass is 10.0. The molecule has 0 spiro atoms. The average molecular weight is 466 g/mol. The zero-order valence-electron chi connectivity index (χ0n) is 20.0. The van der Waals surface area contributed by atoms with Crippen molar-refractivity contribution in [2.75, 3.05) is 23.8 Å². The highest BCUT2D eigenvalue weighted by atomic mass is 15.3. The fourth-order valence-electron chi connectivity index (χ4n) is 4.04. The summed E-state index contributed by atoms with van der Waals surface area (Å²) in [4.78, 5) is 20.5. The first kappa shape index (κ1) is 22.9. The second-order valence-electron chi connectivity index (χ2n) is 8.95. The van der Waals surface area contributed by atoms with Gasteiger partial charge in [-0.25, -0.2) is 15.0 Å². The molecule has 4 aromatic rings. The van der Waals surface area contributed by atoms with Gasteiger partial charge in [0.05, 0.1) is 0 Å². The van der Waals surface area contributed by atoms with E-state index >= 15 is 0 Å². The van der Waals surface area contributed by atoms with Crippen LogP contribution < -0.4 is 15.5 Å². The fraction of sp³-hybridized carbons (Fsp3) is 0.286. The Labute approximate surface area is 206 Å². The van der Waals surface area contributed by atoms with E-state index in [4.69, 9.17) is 9.97 Å². The first-order valence-corrected chi connectivity index (χ1v) is 12.2. The van der Waals surface area contributed by atoms with Crippen LogP contribution in [0.3, 0.4) is 0 Å². The summed E-state index contributed by atoms with van der Waals surface area (Å²) < 4.78 is 0. The molecule has 0 saturated heterocycles. The molecule has 0 radical (unpaired) electrons. The third-order valence-corrected chi connectivity index (χ3v) is 6.16. The van der Waals surface area contributed by atoms with E-state index in [-0.39, 0.29) is 6.04 Å². The summed E-state index contributed by atoms with van der Waals surface area (Å²) in [5.74, 6) is 2.86. The first-order chi connectivity index (χ1) is 17.2. The van der Waals surface area contributed by atoms with Gasteiger partial charge in [0.25, 0.3) is 0 Å². The molecule has 2 aromatic carbocycles. The molecule has 0 unspecified atom stereocenters. The van der Waals surface area contributed by atoms with Gasteiger partial charge in [0.15, 0.2) is 5.82 Å². The molecule has 35 heavy (non-hydrogen) atoms. The number of hydrogen-bond acceptors (Lipinski definition) is 7. The number of benzene rings is 2. The van der Waals surface area contributed by atoms with Crippen molar-refractivity contribution in [1.82, 2.24) is 25.3 Å². The van der Waals surface area contributed by atoms with E-state index in [1.807, 2.05) is 54.4 Å². The van der Waals surface area contributed by atoms with Gasteiger partial charge in [-0.3, -0.25) is 0 Å². The van der Waals surface area contributed by atoms with E-state index in [1.54, 1.807) is 12.4 Å². The Hall–Kier alpha value is -3.84. The van der Waals surface area contributed by atoms with Crippen molar-refractivity contribution in [3.8, 4) is 11.4 Å². The summed E-state index contributed by atoms with van der Waals surface area (Å²) in [5, 5.41) is 7.21. The topological polar surface area (TPSA) is 78.9 Å². The summed E-state index contributed by atoms with van der Waals surface area (Å²) in [5.41, 5.74) is 2.29. The van der Waals surface area contributed by atoms with Crippen LogP contribution in [0.1, 0.15) is 24.8 Å². The minimum Gasteiger partial charge on any atom is -0.351 e. The molecule has 7 heteroatoms. The monoisotopic (exact) mass is 465 g/mol. The Balaban J connectivity index is 1.31. The molecular formula is C28H31N7. The lowest BCUT2D eigenvalue weighted by Gasteiger charge is -2.21. The van der Waals surface area contributed by atoms with Crippen molar-refractivity contribution in [1.29, 1.82) is 0 Å². The van der Waals surface area contributed by atoms with E-state index in [1.165, 1.54) is 18.4 Å². The second kappa shape index (κ2) is 11.1. The van der Waals surface area contributed by atoms with Crippen LogP contribution in [-0.4, -0.2) is 45.6 Å². The molecule has 0 aliphatic heterocycles. The Morgan fingerprint density at radius 3 is 2.29 bits per heavy atom. The van der Waals surface area contributed by atoms with Crippen LogP contribution in [0, 0.1) is 0 Å². The predicted molar refractivity (Wildman–Crippen MR) is 141 cm³/mol.